The van der Waals surface area contributed by atoms with Crippen molar-refractivity contribution in [1.82, 2.24) is 9.97 Å². The maximum Gasteiger partial charge on any atom is 0.0918 e. The number of aromatic nitrogens is 2. The second kappa shape index (κ2) is 2.55. The largest absolute Gasteiger partial charge is 0.254 e. The Morgan fingerprint density at radius 3 is 2.83 bits per heavy atom. The number of pyridine rings is 2. The summed E-state index contributed by atoms with van der Waals surface area (Å²) in [6, 6.07) is 3.89. The monoisotopic (exact) mass is 158 g/mol. The van der Waals surface area contributed by atoms with Crippen LogP contribution >= 0.6 is 0 Å². The normalized spacial score (nSPS) is 10.5. The van der Waals surface area contributed by atoms with Crippen molar-refractivity contribution in [3.8, 4) is 0 Å². The first kappa shape index (κ1) is 7.22. The van der Waals surface area contributed by atoms with Crippen LogP contribution in [0.1, 0.15) is 11.1 Å². The number of nitrogens with zero attached hydrogens (tertiary/aromatic N) is 2. The Morgan fingerprint density at radius 1 is 1.17 bits per heavy atom. The molecule has 0 spiro atoms. The van der Waals surface area contributed by atoms with Gasteiger partial charge in [-0.2, -0.15) is 0 Å². The summed E-state index contributed by atoms with van der Waals surface area (Å²) < 4.78 is 0. The van der Waals surface area contributed by atoms with Crippen LogP contribution in [0.5, 0.6) is 0 Å². The third-order valence-corrected chi connectivity index (χ3v) is 2.13. The summed E-state index contributed by atoms with van der Waals surface area (Å²) in [5.41, 5.74) is 4.40. The average Bonchev–Trinajstić information content (AvgIpc) is 2.12. The van der Waals surface area contributed by atoms with E-state index in [0.29, 0.717) is 0 Å². The Labute approximate surface area is 71.3 Å². The van der Waals surface area contributed by atoms with Crippen molar-refractivity contribution in [1.29, 1.82) is 0 Å². The highest BCUT2D eigenvalue weighted by atomic mass is 14.7. The van der Waals surface area contributed by atoms with Gasteiger partial charge in [0.05, 0.1) is 11.0 Å². The minimum atomic E-state index is 0.973. The van der Waals surface area contributed by atoms with Crippen LogP contribution in [0.4, 0.5) is 0 Å². The number of rotatable bonds is 0. The molecule has 2 heterocycles. The van der Waals surface area contributed by atoms with Crippen LogP contribution in [0, 0.1) is 13.8 Å². The van der Waals surface area contributed by atoms with E-state index in [9.17, 15) is 0 Å². The molecule has 0 unspecified atom stereocenters. The van der Waals surface area contributed by atoms with Crippen molar-refractivity contribution in [2.45, 2.75) is 13.8 Å². The van der Waals surface area contributed by atoms with Crippen molar-refractivity contribution < 1.29 is 0 Å². The second-order valence-corrected chi connectivity index (χ2v) is 2.94. The van der Waals surface area contributed by atoms with E-state index < -0.39 is 0 Å². The van der Waals surface area contributed by atoms with Crippen LogP contribution in [0.25, 0.3) is 11.0 Å². The van der Waals surface area contributed by atoms with Crippen molar-refractivity contribution >= 4 is 11.0 Å². The van der Waals surface area contributed by atoms with Crippen molar-refractivity contribution in [3.05, 3.63) is 35.7 Å². The Hall–Kier alpha value is -1.44. The van der Waals surface area contributed by atoms with E-state index in [4.69, 9.17) is 0 Å². The highest BCUT2D eigenvalue weighted by Crippen LogP contribution is 2.15. The smallest absolute Gasteiger partial charge is 0.0918 e. The van der Waals surface area contributed by atoms with Gasteiger partial charge in [0, 0.05) is 12.4 Å². The van der Waals surface area contributed by atoms with Crippen LogP contribution in [0.3, 0.4) is 0 Å². The Balaban J connectivity index is 2.91. The van der Waals surface area contributed by atoms with Gasteiger partial charge in [-0.3, -0.25) is 9.97 Å². The molecule has 60 valence electrons. The van der Waals surface area contributed by atoms with Gasteiger partial charge in [-0.25, -0.2) is 0 Å². The summed E-state index contributed by atoms with van der Waals surface area (Å²) in [7, 11) is 0. The molecule has 2 nitrogen and oxygen atoms in total. The summed E-state index contributed by atoms with van der Waals surface area (Å²) in [6.45, 7) is 4.13. The van der Waals surface area contributed by atoms with Gasteiger partial charge < -0.3 is 0 Å². The molecule has 0 fully saturated rings. The summed E-state index contributed by atoms with van der Waals surface area (Å²) >= 11 is 0. The van der Waals surface area contributed by atoms with E-state index in [1.807, 2.05) is 18.3 Å². The Kier molecular flexibility index (Phi) is 1.54. The molecule has 0 aliphatic carbocycles. The van der Waals surface area contributed by atoms with Crippen molar-refractivity contribution in [2.75, 3.05) is 0 Å². The summed E-state index contributed by atoms with van der Waals surface area (Å²) in [4.78, 5) is 8.56. The average molecular weight is 158 g/mol. The highest BCUT2D eigenvalue weighted by Gasteiger charge is 2.00. The van der Waals surface area contributed by atoms with E-state index in [1.54, 1.807) is 6.20 Å². The lowest BCUT2D eigenvalue weighted by molar-refractivity contribution is 1.24. The lowest BCUT2D eigenvalue weighted by Gasteiger charge is -2.02. The van der Waals surface area contributed by atoms with Crippen LogP contribution in [-0.2, 0) is 0 Å². The predicted molar refractivity (Wildman–Crippen MR) is 49.0 cm³/mol. The second-order valence-electron chi connectivity index (χ2n) is 2.94. The minimum absolute atomic E-state index is 0.973. The maximum atomic E-state index is 4.28. The van der Waals surface area contributed by atoms with Gasteiger partial charge in [0.2, 0.25) is 0 Å². The van der Waals surface area contributed by atoms with Gasteiger partial charge in [-0.15, -0.1) is 0 Å². The van der Waals surface area contributed by atoms with Gasteiger partial charge in [0.1, 0.15) is 0 Å². The topological polar surface area (TPSA) is 25.8 Å². The van der Waals surface area contributed by atoms with Gasteiger partial charge >= 0.3 is 0 Å². The number of aryl methyl sites for hydroxylation is 2. The fourth-order valence-electron chi connectivity index (χ4n) is 1.24. The van der Waals surface area contributed by atoms with E-state index in [1.165, 1.54) is 11.1 Å². The highest BCUT2D eigenvalue weighted by molar-refractivity contribution is 5.77. The maximum absolute atomic E-state index is 4.28. The molecule has 0 aliphatic heterocycles. The van der Waals surface area contributed by atoms with Gasteiger partial charge in [-0.1, -0.05) is 0 Å². The standard InChI is InChI=1S/C10H10N2/c1-7-6-12-9-4-3-5-11-10(9)8(7)2/h3-6H,1-2H3. The summed E-state index contributed by atoms with van der Waals surface area (Å²) in [6.07, 6.45) is 3.69. The molecule has 12 heavy (non-hydrogen) atoms. The van der Waals surface area contributed by atoms with E-state index in [-0.39, 0.29) is 0 Å². The number of fused-ring (bicyclic) bond motifs is 1. The third-order valence-electron chi connectivity index (χ3n) is 2.13. The molecular formula is C10H10N2. The van der Waals surface area contributed by atoms with Crippen molar-refractivity contribution in [2.24, 2.45) is 0 Å². The molecule has 2 aromatic heterocycles. The molecule has 0 saturated heterocycles. The van der Waals surface area contributed by atoms with Crippen molar-refractivity contribution in [3.63, 3.8) is 0 Å². The van der Waals surface area contributed by atoms with Crippen LogP contribution < -0.4 is 0 Å². The zero-order valence-corrected chi connectivity index (χ0v) is 7.20. The van der Waals surface area contributed by atoms with Crippen LogP contribution in [0.15, 0.2) is 24.5 Å². The molecule has 2 rings (SSSR count). The fraction of sp³-hybridized carbons (Fsp3) is 0.200. The lowest BCUT2D eigenvalue weighted by Crippen LogP contribution is -1.89. The quantitative estimate of drug-likeness (QED) is 0.587. The number of hydrogen-bond donors (Lipinski definition) is 0. The molecule has 0 saturated carbocycles. The molecular weight excluding hydrogens is 148 g/mol. The molecule has 2 heteroatoms. The van der Waals surface area contributed by atoms with E-state index in [0.717, 1.165) is 11.0 Å². The molecule has 0 bridgehead atoms. The fourth-order valence-corrected chi connectivity index (χ4v) is 1.24. The predicted octanol–water partition coefficient (Wildman–Crippen LogP) is 2.25. The summed E-state index contributed by atoms with van der Waals surface area (Å²) in [5.74, 6) is 0. The molecule has 0 N–H and O–H groups in total. The Bertz CT molecular complexity index is 421. The van der Waals surface area contributed by atoms with E-state index >= 15 is 0 Å². The molecule has 2 aromatic rings. The number of hydrogen-bond acceptors (Lipinski definition) is 2. The first-order valence-corrected chi connectivity index (χ1v) is 3.96. The van der Waals surface area contributed by atoms with Gasteiger partial charge in [0.25, 0.3) is 0 Å². The molecule has 0 amide bonds. The molecule has 0 aromatic carbocycles. The molecule has 0 radical (unpaired) electrons. The first-order valence-electron chi connectivity index (χ1n) is 3.96. The summed E-state index contributed by atoms with van der Waals surface area (Å²) in [5, 5.41) is 0. The zero-order chi connectivity index (χ0) is 8.55. The van der Waals surface area contributed by atoms with E-state index in [2.05, 4.69) is 23.8 Å². The third kappa shape index (κ3) is 0.961. The SMILES string of the molecule is Cc1cnc2cccnc2c1C. The van der Waals surface area contributed by atoms with Gasteiger partial charge in [0.15, 0.2) is 0 Å². The zero-order valence-electron chi connectivity index (χ0n) is 7.20. The van der Waals surface area contributed by atoms with Gasteiger partial charge in [-0.05, 0) is 37.1 Å². The van der Waals surface area contributed by atoms with Crippen LogP contribution in [0.2, 0.25) is 0 Å². The Morgan fingerprint density at radius 2 is 2.00 bits per heavy atom. The minimum Gasteiger partial charge on any atom is -0.254 e. The first-order chi connectivity index (χ1) is 5.79. The lowest BCUT2D eigenvalue weighted by atomic mass is 10.1. The van der Waals surface area contributed by atoms with Crippen LogP contribution in [-0.4, -0.2) is 9.97 Å². The molecule has 0 aliphatic rings. The molecule has 0 atom stereocenters.